The standard InChI is InChI=1S/C8H16N2O.C3H5NO/c1-7(2)8(11)9-5-6-10(3)4;1-2-3(4)5/h1,5-6H2,2-4H3,(H,9,11);2H,1H2,(H2,4,5). The topological polar surface area (TPSA) is 75.4 Å². The summed E-state index contributed by atoms with van der Waals surface area (Å²) >= 11 is 0. The van der Waals surface area contributed by atoms with Gasteiger partial charge in [0.2, 0.25) is 11.8 Å². The molecule has 0 rings (SSSR count). The Morgan fingerprint density at radius 3 is 2.12 bits per heavy atom. The molecule has 16 heavy (non-hydrogen) atoms. The summed E-state index contributed by atoms with van der Waals surface area (Å²) < 4.78 is 0. The molecular formula is C11H21N3O2. The number of hydrogen-bond donors (Lipinski definition) is 2. The van der Waals surface area contributed by atoms with Crippen LogP contribution in [0.5, 0.6) is 0 Å². The number of rotatable bonds is 5. The third-order valence-electron chi connectivity index (χ3n) is 1.43. The minimum absolute atomic E-state index is 0.0631. The Kier molecular flexibility index (Phi) is 10.4. The molecule has 0 saturated heterocycles. The molecule has 0 heterocycles. The SMILES string of the molecule is C=C(C)C(=O)NCCN(C)C.C=CC(N)=O. The van der Waals surface area contributed by atoms with E-state index >= 15 is 0 Å². The zero-order valence-corrected chi connectivity index (χ0v) is 10.2. The highest BCUT2D eigenvalue weighted by Crippen LogP contribution is 1.84. The molecule has 0 fully saturated rings. The highest BCUT2D eigenvalue weighted by molar-refractivity contribution is 5.92. The van der Waals surface area contributed by atoms with Crippen molar-refractivity contribution in [1.82, 2.24) is 10.2 Å². The number of primary amides is 1. The number of likely N-dealkylation sites (N-methyl/N-ethyl adjacent to an activating group) is 1. The summed E-state index contributed by atoms with van der Waals surface area (Å²) in [7, 11) is 3.93. The van der Waals surface area contributed by atoms with E-state index < -0.39 is 5.91 Å². The fraction of sp³-hybridized carbons (Fsp3) is 0.455. The van der Waals surface area contributed by atoms with Crippen molar-refractivity contribution in [3.8, 4) is 0 Å². The van der Waals surface area contributed by atoms with Crippen molar-refractivity contribution in [3.05, 3.63) is 24.8 Å². The van der Waals surface area contributed by atoms with Crippen LogP contribution in [-0.4, -0.2) is 43.9 Å². The van der Waals surface area contributed by atoms with E-state index in [1.165, 1.54) is 0 Å². The monoisotopic (exact) mass is 227 g/mol. The van der Waals surface area contributed by atoms with Crippen LogP contribution < -0.4 is 11.1 Å². The average Bonchev–Trinajstić information content (AvgIpc) is 2.17. The van der Waals surface area contributed by atoms with Crippen molar-refractivity contribution in [2.45, 2.75) is 6.92 Å². The molecule has 0 aromatic carbocycles. The van der Waals surface area contributed by atoms with Crippen LogP contribution >= 0.6 is 0 Å². The molecule has 3 N–H and O–H groups in total. The number of nitrogens with zero attached hydrogens (tertiary/aromatic N) is 1. The van der Waals surface area contributed by atoms with Crippen LogP contribution in [0.4, 0.5) is 0 Å². The second-order valence-corrected chi connectivity index (χ2v) is 3.45. The molecule has 2 amide bonds. The van der Waals surface area contributed by atoms with E-state index in [9.17, 15) is 9.59 Å². The Bertz CT molecular complexity index is 260. The minimum atomic E-state index is -0.481. The molecule has 0 spiro atoms. The summed E-state index contributed by atoms with van der Waals surface area (Å²) in [5, 5.41) is 2.73. The number of nitrogens with one attached hydrogen (secondary N) is 1. The lowest BCUT2D eigenvalue weighted by Crippen LogP contribution is -2.31. The number of carbonyl (C=O) groups is 2. The molecule has 0 radical (unpaired) electrons. The second-order valence-electron chi connectivity index (χ2n) is 3.45. The summed E-state index contributed by atoms with van der Waals surface area (Å²) in [6, 6.07) is 0. The maximum Gasteiger partial charge on any atom is 0.246 e. The molecule has 0 aliphatic heterocycles. The van der Waals surface area contributed by atoms with E-state index in [2.05, 4.69) is 24.2 Å². The van der Waals surface area contributed by atoms with E-state index in [0.29, 0.717) is 12.1 Å². The fourth-order valence-corrected chi connectivity index (χ4v) is 0.544. The first-order chi connectivity index (χ1) is 7.31. The van der Waals surface area contributed by atoms with Crippen molar-refractivity contribution in [1.29, 1.82) is 0 Å². The van der Waals surface area contributed by atoms with Crippen LogP contribution in [0.2, 0.25) is 0 Å². The van der Waals surface area contributed by atoms with Gasteiger partial charge in [-0.15, -0.1) is 0 Å². The van der Waals surface area contributed by atoms with Gasteiger partial charge in [-0.3, -0.25) is 9.59 Å². The Labute approximate surface area is 97.0 Å². The molecule has 0 saturated carbocycles. The van der Waals surface area contributed by atoms with Gasteiger partial charge in [0.1, 0.15) is 0 Å². The predicted molar refractivity (Wildman–Crippen MR) is 65.8 cm³/mol. The lowest BCUT2D eigenvalue weighted by Gasteiger charge is -2.09. The third kappa shape index (κ3) is 14.9. The van der Waals surface area contributed by atoms with E-state index in [4.69, 9.17) is 0 Å². The summed E-state index contributed by atoms with van der Waals surface area (Å²) in [5.74, 6) is -0.545. The highest BCUT2D eigenvalue weighted by Gasteiger charge is 1.99. The fourth-order valence-electron chi connectivity index (χ4n) is 0.544. The summed E-state index contributed by atoms with van der Waals surface area (Å²) in [6.07, 6.45) is 1.06. The number of carbonyl (C=O) groups excluding carboxylic acids is 2. The van der Waals surface area contributed by atoms with Gasteiger partial charge in [0.15, 0.2) is 0 Å². The molecule has 0 aliphatic rings. The van der Waals surface area contributed by atoms with Gasteiger partial charge in [-0.25, -0.2) is 0 Å². The first kappa shape index (κ1) is 16.8. The van der Waals surface area contributed by atoms with Crippen LogP contribution in [0.25, 0.3) is 0 Å². The molecular weight excluding hydrogens is 206 g/mol. The van der Waals surface area contributed by atoms with E-state index in [0.717, 1.165) is 12.6 Å². The molecule has 5 heteroatoms. The van der Waals surface area contributed by atoms with Gasteiger partial charge in [-0.05, 0) is 27.1 Å². The zero-order chi connectivity index (χ0) is 13.1. The molecule has 0 aromatic rings. The summed E-state index contributed by atoms with van der Waals surface area (Å²) in [5.41, 5.74) is 5.09. The number of hydrogen-bond acceptors (Lipinski definition) is 3. The number of amides is 2. The van der Waals surface area contributed by atoms with E-state index in [1.54, 1.807) is 6.92 Å². The number of nitrogens with two attached hydrogens (primary N) is 1. The van der Waals surface area contributed by atoms with Gasteiger partial charge in [-0.1, -0.05) is 13.2 Å². The van der Waals surface area contributed by atoms with Crippen LogP contribution in [-0.2, 0) is 9.59 Å². The molecule has 0 bridgehead atoms. The van der Waals surface area contributed by atoms with Gasteiger partial charge in [-0.2, -0.15) is 0 Å². The first-order valence-corrected chi connectivity index (χ1v) is 4.81. The van der Waals surface area contributed by atoms with Gasteiger partial charge in [0, 0.05) is 18.7 Å². The Morgan fingerprint density at radius 2 is 1.88 bits per heavy atom. The maximum absolute atomic E-state index is 10.9. The van der Waals surface area contributed by atoms with Gasteiger partial charge in [0.05, 0.1) is 0 Å². The van der Waals surface area contributed by atoms with Crippen molar-refractivity contribution in [2.75, 3.05) is 27.2 Å². The van der Waals surface area contributed by atoms with Crippen LogP contribution in [0.3, 0.4) is 0 Å². The van der Waals surface area contributed by atoms with Gasteiger partial charge >= 0.3 is 0 Å². The molecule has 0 aromatic heterocycles. The highest BCUT2D eigenvalue weighted by atomic mass is 16.1. The van der Waals surface area contributed by atoms with Crippen LogP contribution in [0, 0.1) is 0 Å². The molecule has 5 nitrogen and oxygen atoms in total. The van der Waals surface area contributed by atoms with Crippen molar-refractivity contribution < 1.29 is 9.59 Å². The third-order valence-corrected chi connectivity index (χ3v) is 1.43. The van der Waals surface area contributed by atoms with Crippen molar-refractivity contribution in [2.24, 2.45) is 5.73 Å². The lowest BCUT2D eigenvalue weighted by atomic mass is 10.3. The predicted octanol–water partition coefficient (Wildman–Crippen LogP) is -0.102. The molecule has 0 atom stereocenters. The van der Waals surface area contributed by atoms with Gasteiger partial charge < -0.3 is 16.0 Å². The Balaban J connectivity index is 0. The summed E-state index contributed by atoms with van der Waals surface area (Å²) in [4.78, 5) is 22.4. The van der Waals surface area contributed by atoms with Crippen LogP contribution in [0.15, 0.2) is 24.8 Å². The van der Waals surface area contributed by atoms with Crippen molar-refractivity contribution in [3.63, 3.8) is 0 Å². The first-order valence-electron chi connectivity index (χ1n) is 4.81. The molecule has 92 valence electrons. The zero-order valence-electron chi connectivity index (χ0n) is 10.2. The quantitative estimate of drug-likeness (QED) is 0.644. The lowest BCUT2D eigenvalue weighted by molar-refractivity contribution is -0.117. The maximum atomic E-state index is 10.9. The Hall–Kier alpha value is -1.62. The molecule has 0 aliphatic carbocycles. The normalized spacial score (nSPS) is 8.75. The Morgan fingerprint density at radius 1 is 1.44 bits per heavy atom. The van der Waals surface area contributed by atoms with Gasteiger partial charge in [0.25, 0.3) is 0 Å². The van der Waals surface area contributed by atoms with Crippen LogP contribution in [0.1, 0.15) is 6.92 Å². The summed E-state index contributed by atoms with van der Waals surface area (Å²) in [6.45, 7) is 9.85. The molecule has 0 unspecified atom stereocenters. The van der Waals surface area contributed by atoms with E-state index in [1.807, 2.05) is 19.0 Å². The largest absolute Gasteiger partial charge is 0.366 e. The van der Waals surface area contributed by atoms with Crippen molar-refractivity contribution >= 4 is 11.8 Å². The second kappa shape index (κ2) is 9.92. The average molecular weight is 227 g/mol. The smallest absolute Gasteiger partial charge is 0.246 e. The minimum Gasteiger partial charge on any atom is -0.366 e. The van der Waals surface area contributed by atoms with E-state index in [-0.39, 0.29) is 5.91 Å².